The Balaban J connectivity index is 1.52. The van der Waals surface area contributed by atoms with E-state index in [0.717, 1.165) is 5.56 Å². The number of nitrogens with one attached hydrogen (secondary N) is 1. The first kappa shape index (κ1) is 22.4. The minimum atomic E-state index is -0.167. The zero-order chi connectivity index (χ0) is 22.1. The lowest BCUT2D eigenvalue weighted by Crippen LogP contribution is -2.21. The van der Waals surface area contributed by atoms with E-state index in [4.69, 9.17) is 21.1 Å². The zero-order valence-electron chi connectivity index (χ0n) is 17.3. The highest BCUT2D eigenvalue weighted by molar-refractivity contribution is 6.31. The van der Waals surface area contributed by atoms with Gasteiger partial charge < -0.3 is 19.4 Å². The van der Waals surface area contributed by atoms with Crippen molar-refractivity contribution in [3.05, 3.63) is 87.8 Å². The first-order valence-electron chi connectivity index (χ1n) is 10.1. The molecule has 0 unspecified atom stereocenters. The number of hydrogen-bond acceptors (Lipinski definition) is 4. The van der Waals surface area contributed by atoms with E-state index in [1.165, 1.54) is 10.6 Å². The average molecular weight is 441 g/mol. The zero-order valence-corrected chi connectivity index (χ0v) is 18.1. The van der Waals surface area contributed by atoms with Crippen LogP contribution in [-0.4, -0.2) is 23.7 Å². The molecule has 3 aromatic rings. The van der Waals surface area contributed by atoms with Crippen LogP contribution in [0.1, 0.15) is 25.3 Å². The van der Waals surface area contributed by atoms with Gasteiger partial charge in [0.05, 0.1) is 25.4 Å². The van der Waals surface area contributed by atoms with Crippen LogP contribution in [0, 0.1) is 0 Å². The monoisotopic (exact) mass is 440 g/mol. The fourth-order valence-corrected chi connectivity index (χ4v) is 3.22. The second-order valence-electron chi connectivity index (χ2n) is 6.86. The predicted octanol–water partition coefficient (Wildman–Crippen LogP) is 4.75. The van der Waals surface area contributed by atoms with Crippen LogP contribution in [-0.2, 0) is 11.3 Å². The summed E-state index contributed by atoms with van der Waals surface area (Å²) in [7, 11) is 0. The van der Waals surface area contributed by atoms with Crippen molar-refractivity contribution in [2.24, 2.45) is 0 Å². The maximum Gasteiger partial charge on any atom is 0.250 e. The van der Waals surface area contributed by atoms with Crippen LogP contribution in [0.15, 0.2) is 71.7 Å². The molecule has 0 radical (unpaired) electrons. The fraction of sp³-hybridized carbons (Fsp3) is 0.250. The number of hydrogen-bond donors (Lipinski definition) is 1. The maximum atomic E-state index is 12.3. The van der Waals surface area contributed by atoms with Crippen LogP contribution in [0.25, 0.3) is 0 Å². The van der Waals surface area contributed by atoms with Crippen molar-refractivity contribution in [1.82, 2.24) is 4.57 Å². The molecule has 7 heteroatoms. The predicted molar refractivity (Wildman–Crippen MR) is 122 cm³/mol. The van der Waals surface area contributed by atoms with Gasteiger partial charge in [0.2, 0.25) is 5.91 Å². The lowest BCUT2D eigenvalue weighted by Gasteiger charge is -2.12. The number of ether oxygens (including phenoxy) is 2. The summed E-state index contributed by atoms with van der Waals surface area (Å²) in [5.74, 6) is 1.20. The number of aromatic nitrogens is 1. The Hall–Kier alpha value is -3.25. The number of amides is 1. The minimum Gasteiger partial charge on any atom is -0.490 e. The van der Waals surface area contributed by atoms with Gasteiger partial charge in [-0.2, -0.15) is 0 Å². The van der Waals surface area contributed by atoms with E-state index in [1.807, 2.05) is 49.4 Å². The van der Waals surface area contributed by atoms with Crippen LogP contribution in [0.5, 0.6) is 11.5 Å². The van der Waals surface area contributed by atoms with Crippen molar-refractivity contribution in [2.45, 2.75) is 26.3 Å². The average Bonchev–Trinajstić information content (AvgIpc) is 2.76. The highest BCUT2D eigenvalue weighted by Crippen LogP contribution is 2.26. The van der Waals surface area contributed by atoms with E-state index in [0.29, 0.717) is 54.8 Å². The smallest absolute Gasteiger partial charge is 0.250 e. The third kappa shape index (κ3) is 6.62. The van der Waals surface area contributed by atoms with Gasteiger partial charge in [-0.15, -0.1) is 0 Å². The molecule has 3 rings (SSSR count). The first-order chi connectivity index (χ1) is 15.1. The molecule has 6 nitrogen and oxygen atoms in total. The number of nitrogens with zero attached hydrogens (tertiary/aromatic N) is 1. The molecule has 2 aromatic carbocycles. The molecule has 1 amide bonds. The Morgan fingerprint density at radius 1 is 1.00 bits per heavy atom. The summed E-state index contributed by atoms with van der Waals surface area (Å²) in [6.07, 6.45) is 2.46. The van der Waals surface area contributed by atoms with Crippen LogP contribution in [0.3, 0.4) is 0 Å². The van der Waals surface area contributed by atoms with E-state index in [-0.39, 0.29) is 11.5 Å². The van der Waals surface area contributed by atoms with Gasteiger partial charge in [0.25, 0.3) is 5.56 Å². The summed E-state index contributed by atoms with van der Waals surface area (Å²) in [5, 5.41) is 3.42. The summed E-state index contributed by atoms with van der Waals surface area (Å²) < 4.78 is 12.8. The molecule has 1 aromatic heterocycles. The fourth-order valence-electron chi connectivity index (χ4n) is 3.02. The number of halogens is 1. The minimum absolute atomic E-state index is 0.148. The van der Waals surface area contributed by atoms with Gasteiger partial charge in [0.1, 0.15) is 0 Å². The van der Waals surface area contributed by atoms with Crippen molar-refractivity contribution in [1.29, 1.82) is 0 Å². The summed E-state index contributed by atoms with van der Waals surface area (Å²) >= 11 is 6.19. The number of pyridine rings is 1. The number of para-hydroxylation sites is 2. The third-order valence-electron chi connectivity index (χ3n) is 4.52. The van der Waals surface area contributed by atoms with Crippen LogP contribution < -0.4 is 20.3 Å². The largest absolute Gasteiger partial charge is 0.490 e. The van der Waals surface area contributed by atoms with Crippen molar-refractivity contribution < 1.29 is 14.3 Å². The molecular formula is C24H25ClN2O4. The molecule has 0 spiro atoms. The summed E-state index contributed by atoms with van der Waals surface area (Å²) in [6.45, 7) is 3.19. The number of benzene rings is 2. The Bertz CT molecular complexity index is 1080. The van der Waals surface area contributed by atoms with Gasteiger partial charge in [-0.3, -0.25) is 9.59 Å². The van der Waals surface area contributed by atoms with Crippen molar-refractivity contribution in [3.63, 3.8) is 0 Å². The number of anilines is 1. The van der Waals surface area contributed by atoms with Crippen molar-refractivity contribution in [3.8, 4) is 11.5 Å². The van der Waals surface area contributed by atoms with E-state index in [2.05, 4.69) is 5.32 Å². The molecule has 31 heavy (non-hydrogen) atoms. The molecule has 162 valence electrons. The van der Waals surface area contributed by atoms with Gasteiger partial charge in [-0.25, -0.2) is 0 Å². The quantitative estimate of drug-likeness (QED) is 0.462. The number of rotatable bonds is 10. The van der Waals surface area contributed by atoms with Crippen molar-refractivity contribution in [2.75, 3.05) is 18.5 Å². The number of carbonyl (C=O) groups excluding carboxylic acids is 1. The lowest BCUT2D eigenvalue weighted by atomic mass is 10.2. The molecule has 1 N–H and O–H groups in total. The van der Waals surface area contributed by atoms with E-state index < -0.39 is 0 Å². The molecule has 0 saturated carbocycles. The Labute approximate surface area is 186 Å². The van der Waals surface area contributed by atoms with Gasteiger partial charge >= 0.3 is 0 Å². The molecule has 0 fully saturated rings. The molecule has 0 aliphatic rings. The van der Waals surface area contributed by atoms with Crippen LogP contribution >= 0.6 is 11.6 Å². The highest BCUT2D eigenvalue weighted by Gasteiger charge is 2.08. The topological polar surface area (TPSA) is 69.6 Å². The Morgan fingerprint density at radius 2 is 1.71 bits per heavy atom. The van der Waals surface area contributed by atoms with E-state index >= 15 is 0 Å². The van der Waals surface area contributed by atoms with Gasteiger partial charge in [-0.1, -0.05) is 41.9 Å². The summed E-state index contributed by atoms with van der Waals surface area (Å²) in [6, 6.07) is 17.8. The second-order valence-corrected chi connectivity index (χ2v) is 7.26. The molecular weight excluding hydrogens is 416 g/mol. The number of carbonyl (C=O) groups is 1. The third-order valence-corrected chi connectivity index (χ3v) is 4.89. The molecule has 1 heterocycles. The summed E-state index contributed by atoms with van der Waals surface area (Å²) in [5.41, 5.74) is 1.22. The Kier molecular flexibility index (Phi) is 8.12. The second kappa shape index (κ2) is 11.2. The molecule has 0 aliphatic heterocycles. The van der Waals surface area contributed by atoms with E-state index in [9.17, 15) is 9.59 Å². The van der Waals surface area contributed by atoms with Crippen LogP contribution in [0.2, 0.25) is 5.02 Å². The first-order valence-corrected chi connectivity index (χ1v) is 10.5. The Morgan fingerprint density at radius 3 is 2.45 bits per heavy atom. The molecule has 0 bridgehead atoms. The maximum absolute atomic E-state index is 12.3. The van der Waals surface area contributed by atoms with Crippen molar-refractivity contribution >= 4 is 23.2 Å². The van der Waals surface area contributed by atoms with Crippen LogP contribution in [0.4, 0.5) is 5.69 Å². The highest BCUT2D eigenvalue weighted by atomic mass is 35.5. The summed E-state index contributed by atoms with van der Waals surface area (Å²) in [4.78, 5) is 24.5. The standard InChI is InChI=1S/C24H25ClN2O4/c1-2-30-21-10-5-6-11-22(21)31-15-7-12-23(28)26-19-13-14-24(29)27(17-19)16-18-8-3-4-9-20(18)25/h3-6,8-11,13-14,17H,2,7,12,15-16H2,1H3,(H,26,28). The molecule has 0 atom stereocenters. The lowest BCUT2D eigenvalue weighted by molar-refractivity contribution is -0.116. The van der Waals surface area contributed by atoms with E-state index in [1.54, 1.807) is 18.3 Å². The van der Waals surface area contributed by atoms with Gasteiger partial charge in [0, 0.05) is 23.7 Å². The van der Waals surface area contributed by atoms with Gasteiger partial charge in [-0.05, 0) is 43.2 Å². The van der Waals surface area contributed by atoms with Gasteiger partial charge in [0.15, 0.2) is 11.5 Å². The molecule has 0 aliphatic carbocycles. The molecule has 0 saturated heterocycles. The SMILES string of the molecule is CCOc1ccccc1OCCCC(=O)Nc1ccc(=O)n(Cc2ccccc2Cl)c1. The normalized spacial score (nSPS) is 10.5.